The summed E-state index contributed by atoms with van der Waals surface area (Å²) in [7, 11) is 0. The van der Waals surface area contributed by atoms with Crippen molar-refractivity contribution in [3.8, 4) is 0 Å². The highest BCUT2D eigenvalue weighted by Gasteiger charge is 2.39. The monoisotopic (exact) mass is 538 g/mol. The minimum absolute atomic E-state index is 0.188. The first-order valence-corrected chi connectivity index (χ1v) is 14.5. The summed E-state index contributed by atoms with van der Waals surface area (Å²) in [6.45, 7) is 8.84. The van der Waals surface area contributed by atoms with Crippen LogP contribution >= 0.6 is 11.3 Å². The highest BCUT2D eigenvalue weighted by atomic mass is 32.1. The molecule has 0 radical (unpaired) electrons. The highest BCUT2D eigenvalue weighted by Crippen LogP contribution is 2.29. The van der Waals surface area contributed by atoms with Gasteiger partial charge < -0.3 is 19.9 Å². The molecule has 1 aliphatic rings. The lowest BCUT2D eigenvalue weighted by molar-refractivity contribution is -0.153. The fourth-order valence-corrected chi connectivity index (χ4v) is 5.81. The smallest absolute Gasteiger partial charge is 0.310 e. The number of carbonyl (C=O) groups is 3. The van der Waals surface area contributed by atoms with Crippen LogP contribution in [0.5, 0.6) is 0 Å². The summed E-state index contributed by atoms with van der Waals surface area (Å²) in [5, 5.41) is 14.2. The quantitative estimate of drug-likeness (QED) is 0.333. The van der Waals surface area contributed by atoms with Crippen LogP contribution in [0.2, 0.25) is 0 Å². The Morgan fingerprint density at radius 3 is 2.47 bits per heavy atom. The van der Waals surface area contributed by atoms with E-state index in [2.05, 4.69) is 42.1 Å². The molecule has 1 aromatic carbocycles. The molecule has 38 heavy (non-hydrogen) atoms. The van der Waals surface area contributed by atoms with Gasteiger partial charge in [-0.2, -0.15) is 0 Å². The van der Waals surface area contributed by atoms with Gasteiger partial charge in [-0.1, -0.05) is 40.2 Å². The van der Waals surface area contributed by atoms with E-state index < -0.39 is 17.9 Å². The summed E-state index contributed by atoms with van der Waals surface area (Å²) in [6.07, 6.45) is 4.10. The van der Waals surface area contributed by atoms with E-state index in [0.717, 1.165) is 42.5 Å². The van der Waals surface area contributed by atoms with E-state index in [1.54, 1.807) is 11.3 Å². The molecule has 1 aliphatic heterocycles. The third-order valence-electron chi connectivity index (χ3n) is 7.73. The highest BCUT2D eigenvalue weighted by molar-refractivity contribution is 7.09. The lowest BCUT2D eigenvalue weighted by atomic mass is 9.94. The van der Waals surface area contributed by atoms with Crippen LogP contribution in [0.15, 0.2) is 35.7 Å². The molecule has 1 saturated heterocycles. The zero-order chi connectivity index (χ0) is 27.4. The van der Waals surface area contributed by atoms with Crippen LogP contribution in [-0.2, 0) is 16.0 Å². The van der Waals surface area contributed by atoms with Crippen molar-refractivity contribution in [2.75, 3.05) is 13.1 Å². The Morgan fingerprint density at radius 2 is 1.87 bits per heavy atom. The fourth-order valence-electron chi connectivity index (χ4n) is 5.11. The van der Waals surface area contributed by atoms with E-state index in [-0.39, 0.29) is 30.8 Å². The second-order valence-corrected chi connectivity index (χ2v) is 11.4. The van der Waals surface area contributed by atoms with Crippen LogP contribution in [0.1, 0.15) is 80.5 Å². The molecule has 3 heterocycles. The molecule has 0 bridgehead atoms. The minimum atomic E-state index is -0.892. The lowest BCUT2D eigenvalue weighted by Crippen LogP contribution is -2.59. The number of likely N-dealkylation sites (tertiary alicyclic amines) is 1. The number of carbonyl (C=O) groups excluding carboxylic acids is 2. The van der Waals surface area contributed by atoms with Crippen LogP contribution in [0, 0.1) is 11.8 Å². The SMILES string of the molecule is CCC(C)CC(NC(=O)c1ccc2c(c1)nc(Cc1cccs1)n2C(CC)CC)C(=O)N1CC(C(=O)O)C1. The minimum Gasteiger partial charge on any atom is -0.481 e. The molecule has 0 spiro atoms. The van der Waals surface area contributed by atoms with Gasteiger partial charge in [0.25, 0.3) is 5.91 Å². The maximum Gasteiger partial charge on any atom is 0.310 e. The van der Waals surface area contributed by atoms with Crippen molar-refractivity contribution in [2.24, 2.45) is 11.8 Å². The Balaban J connectivity index is 1.58. The maximum absolute atomic E-state index is 13.4. The summed E-state index contributed by atoms with van der Waals surface area (Å²) >= 11 is 1.71. The molecule has 0 saturated carbocycles. The molecular weight excluding hydrogens is 500 g/mol. The van der Waals surface area contributed by atoms with Gasteiger partial charge >= 0.3 is 5.97 Å². The number of nitrogens with one attached hydrogen (secondary N) is 1. The first-order chi connectivity index (χ1) is 18.2. The first kappa shape index (κ1) is 27.8. The normalized spacial score (nSPS) is 15.4. The first-order valence-electron chi connectivity index (χ1n) is 13.6. The summed E-state index contributed by atoms with van der Waals surface area (Å²) in [6, 6.07) is 9.37. The van der Waals surface area contributed by atoms with Gasteiger partial charge in [-0.05, 0) is 54.8 Å². The van der Waals surface area contributed by atoms with E-state index in [1.165, 1.54) is 9.78 Å². The van der Waals surface area contributed by atoms with Crippen LogP contribution in [-0.4, -0.2) is 56.5 Å². The number of carboxylic acid groups (broad SMARTS) is 1. The molecule has 2 aromatic heterocycles. The molecule has 8 nitrogen and oxygen atoms in total. The molecule has 9 heteroatoms. The molecule has 2 amide bonds. The van der Waals surface area contributed by atoms with Crippen molar-refractivity contribution in [3.05, 3.63) is 52.0 Å². The number of fused-ring (bicyclic) bond motifs is 1. The zero-order valence-corrected chi connectivity index (χ0v) is 23.5. The number of hydrogen-bond donors (Lipinski definition) is 2. The molecule has 2 atom stereocenters. The molecule has 2 unspecified atom stereocenters. The number of aliphatic carboxylic acids is 1. The van der Waals surface area contributed by atoms with Crippen molar-refractivity contribution in [1.29, 1.82) is 0 Å². The molecule has 1 fully saturated rings. The standard InChI is InChI=1S/C29H38N4O4S/c1-5-18(4)13-24(28(35)32-16-20(17-32)29(36)37)31-27(34)19-10-11-25-23(14-19)30-26(15-22-9-8-12-38-22)33(25)21(6-2)7-3/h8-12,14,18,20-21,24H,5-7,13,15-17H2,1-4H3,(H,31,34)(H,36,37). The van der Waals surface area contributed by atoms with Gasteiger partial charge in [-0.3, -0.25) is 14.4 Å². The van der Waals surface area contributed by atoms with Gasteiger partial charge in [-0.15, -0.1) is 11.3 Å². The second kappa shape index (κ2) is 12.1. The summed E-state index contributed by atoms with van der Waals surface area (Å²) in [4.78, 5) is 45.5. The molecule has 0 aliphatic carbocycles. The summed E-state index contributed by atoms with van der Waals surface area (Å²) in [5.74, 6) is -0.733. The average Bonchev–Trinajstić information content (AvgIpc) is 3.50. The maximum atomic E-state index is 13.4. The third-order valence-corrected chi connectivity index (χ3v) is 8.60. The summed E-state index contributed by atoms with van der Waals surface area (Å²) in [5.41, 5.74) is 2.24. The number of hydrogen-bond acceptors (Lipinski definition) is 5. The molecule has 204 valence electrons. The van der Waals surface area contributed by atoms with Gasteiger partial charge in [-0.25, -0.2) is 4.98 Å². The second-order valence-electron chi connectivity index (χ2n) is 10.4. The van der Waals surface area contributed by atoms with Crippen LogP contribution in [0.25, 0.3) is 11.0 Å². The number of nitrogens with zero attached hydrogens (tertiary/aromatic N) is 3. The Kier molecular flexibility index (Phi) is 8.87. The predicted octanol–water partition coefficient (Wildman–Crippen LogP) is 5.13. The summed E-state index contributed by atoms with van der Waals surface area (Å²) < 4.78 is 2.31. The van der Waals surface area contributed by atoms with Crippen molar-refractivity contribution >= 4 is 40.2 Å². The van der Waals surface area contributed by atoms with E-state index in [0.29, 0.717) is 18.0 Å². The van der Waals surface area contributed by atoms with Crippen molar-refractivity contribution in [1.82, 2.24) is 19.8 Å². The Labute approximate surface area is 228 Å². The van der Waals surface area contributed by atoms with Crippen LogP contribution in [0.4, 0.5) is 0 Å². The topological polar surface area (TPSA) is 105 Å². The predicted molar refractivity (Wildman–Crippen MR) is 150 cm³/mol. The Hall–Kier alpha value is -3.20. The Morgan fingerprint density at radius 1 is 1.13 bits per heavy atom. The number of rotatable bonds is 12. The molecule has 3 aromatic rings. The van der Waals surface area contributed by atoms with Crippen molar-refractivity contribution in [3.63, 3.8) is 0 Å². The lowest BCUT2D eigenvalue weighted by Gasteiger charge is -2.39. The van der Waals surface area contributed by atoms with E-state index >= 15 is 0 Å². The van der Waals surface area contributed by atoms with Crippen molar-refractivity contribution in [2.45, 2.75) is 71.9 Å². The van der Waals surface area contributed by atoms with E-state index in [4.69, 9.17) is 4.98 Å². The number of carboxylic acids is 1. The molecule has 4 rings (SSSR count). The number of amides is 2. The average molecular weight is 539 g/mol. The van der Waals surface area contributed by atoms with Crippen LogP contribution in [0.3, 0.4) is 0 Å². The van der Waals surface area contributed by atoms with Gasteiger partial charge in [0.1, 0.15) is 11.9 Å². The Bertz CT molecular complexity index is 1280. The molecular formula is C29H38N4O4S. The van der Waals surface area contributed by atoms with Crippen molar-refractivity contribution < 1.29 is 19.5 Å². The van der Waals surface area contributed by atoms with E-state index in [9.17, 15) is 19.5 Å². The molecule has 2 N–H and O–H groups in total. The van der Waals surface area contributed by atoms with Gasteiger partial charge in [0, 0.05) is 36.0 Å². The third kappa shape index (κ3) is 5.93. The largest absolute Gasteiger partial charge is 0.481 e. The van der Waals surface area contributed by atoms with Gasteiger partial charge in [0.05, 0.1) is 17.0 Å². The van der Waals surface area contributed by atoms with Crippen LogP contribution < -0.4 is 5.32 Å². The number of imidazole rings is 1. The zero-order valence-electron chi connectivity index (χ0n) is 22.6. The number of aromatic nitrogens is 2. The van der Waals surface area contributed by atoms with Gasteiger partial charge in [0.2, 0.25) is 5.91 Å². The fraction of sp³-hybridized carbons (Fsp3) is 0.517. The van der Waals surface area contributed by atoms with Gasteiger partial charge in [0.15, 0.2) is 0 Å². The number of thiophene rings is 1. The van der Waals surface area contributed by atoms with E-state index in [1.807, 2.05) is 31.2 Å². The number of benzene rings is 1.